The first-order valence-electron chi connectivity index (χ1n) is 4.02. The first kappa shape index (κ1) is 7.34. The SMILES string of the molecule is CC(C)[N+]1=C2C=NC=NC2N=C1. The molecule has 0 N–H and O–H groups in total. The van der Waals surface area contributed by atoms with E-state index in [0.29, 0.717) is 6.04 Å². The Hall–Kier alpha value is -1.32. The second kappa shape index (κ2) is 2.62. The fraction of sp³-hybridized carbons (Fsp3) is 0.500. The highest BCUT2D eigenvalue weighted by Crippen LogP contribution is 2.06. The Bertz CT molecular complexity index is 309. The van der Waals surface area contributed by atoms with Crippen LogP contribution in [0.5, 0.6) is 0 Å². The molecular formula is C8H11N4+. The first-order valence-corrected chi connectivity index (χ1v) is 4.02. The normalized spacial score (nSPS) is 25.8. The Morgan fingerprint density at radius 3 is 3.00 bits per heavy atom. The average molecular weight is 163 g/mol. The molecule has 0 aromatic rings. The lowest BCUT2D eigenvalue weighted by molar-refractivity contribution is -0.431. The van der Waals surface area contributed by atoms with E-state index in [9.17, 15) is 0 Å². The maximum atomic E-state index is 4.24. The minimum Gasteiger partial charge on any atom is -0.241 e. The van der Waals surface area contributed by atoms with Gasteiger partial charge in [0, 0.05) is 0 Å². The largest absolute Gasteiger partial charge is 0.294 e. The molecule has 12 heavy (non-hydrogen) atoms. The highest BCUT2D eigenvalue weighted by molar-refractivity contribution is 6.34. The lowest BCUT2D eigenvalue weighted by Crippen LogP contribution is -2.29. The Morgan fingerprint density at radius 1 is 1.42 bits per heavy atom. The fourth-order valence-corrected chi connectivity index (χ4v) is 1.30. The number of aliphatic imine (C=N–C) groups is 3. The van der Waals surface area contributed by atoms with Crippen LogP contribution in [-0.2, 0) is 0 Å². The van der Waals surface area contributed by atoms with E-state index in [2.05, 4.69) is 33.4 Å². The molecule has 4 nitrogen and oxygen atoms in total. The van der Waals surface area contributed by atoms with E-state index in [-0.39, 0.29) is 6.17 Å². The zero-order valence-electron chi connectivity index (χ0n) is 7.18. The lowest BCUT2D eigenvalue weighted by atomic mass is 10.3. The molecular weight excluding hydrogens is 152 g/mol. The third kappa shape index (κ3) is 0.995. The van der Waals surface area contributed by atoms with E-state index in [1.807, 2.05) is 12.6 Å². The van der Waals surface area contributed by atoms with Crippen LogP contribution in [0.4, 0.5) is 0 Å². The zero-order valence-corrected chi connectivity index (χ0v) is 7.18. The van der Waals surface area contributed by atoms with Gasteiger partial charge in [0.05, 0.1) is 12.3 Å². The fourth-order valence-electron chi connectivity index (χ4n) is 1.30. The molecule has 1 atom stereocenters. The van der Waals surface area contributed by atoms with Crippen molar-refractivity contribution in [1.82, 2.24) is 0 Å². The molecule has 0 saturated heterocycles. The van der Waals surface area contributed by atoms with Gasteiger partial charge in [-0.05, 0) is 13.8 Å². The van der Waals surface area contributed by atoms with E-state index in [4.69, 9.17) is 0 Å². The van der Waals surface area contributed by atoms with Crippen LogP contribution in [0.3, 0.4) is 0 Å². The molecule has 0 aromatic carbocycles. The smallest absolute Gasteiger partial charge is 0.241 e. The standard InChI is InChI=1S/C8H11N4/c1-6(2)12-5-11-8-7(12)3-9-4-10-8/h3-6,8H,1-2H3/q+1. The van der Waals surface area contributed by atoms with Gasteiger partial charge in [0.1, 0.15) is 6.34 Å². The predicted molar refractivity (Wildman–Crippen MR) is 49.7 cm³/mol. The van der Waals surface area contributed by atoms with Crippen LogP contribution in [0.1, 0.15) is 13.8 Å². The van der Waals surface area contributed by atoms with Crippen molar-refractivity contribution in [1.29, 1.82) is 0 Å². The number of nitrogens with zero attached hydrogens (tertiary/aromatic N) is 4. The molecule has 0 bridgehead atoms. The zero-order chi connectivity index (χ0) is 8.55. The molecule has 1 unspecified atom stereocenters. The molecule has 2 rings (SSSR count). The molecule has 0 fully saturated rings. The lowest BCUT2D eigenvalue weighted by Gasteiger charge is -2.05. The summed E-state index contributed by atoms with van der Waals surface area (Å²) in [4.78, 5) is 12.3. The van der Waals surface area contributed by atoms with Crippen molar-refractivity contribution in [3.05, 3.63) is 0 Å². The van der Waals surface area contributed by atoms with Crippen LogP contribution in [0.15, 0.2) is 15.0 Å². The van der Waals surface area contributed by atoms with Crippen LogP contribution >= 0.6 is 0 Å². The van der Waals surface area contributed by atoms with Crippen molar-refractivity contribution >= 4 is 24.6 Å². The third-order valence-electron chi connectivity index (χ3n) is 1.93. The predicted octanol–water partition coefficient (Wildman–Crippen LogP) is 0.329. The molecule has 2 aliphatic rings. The van der Waals surface area contributed by atoms with E-state index in [0.717, 1.165) is 5.71 Å². The summed E-state index contributed by atoms with van der Waals surface area (Å²) >= 11 is 0. The van der Waals surface area contributed by atoms with E-state index in [1.165, 1.54) is 0 Å². The minimum absolute atomic E-state index is 0.0371. The van der Waals surface area contributed by atoms with E-state index < -0.39 is 0 Å². The Kier molecular flexibility index (Phi) is 1.60. The minimum atomic E-state index is -0.0371. The second-order valence-electron chi connectivity index (χ2n) is 3.11. The van der Waals surface area contributed by atoms with Crippen molar-refractivity contribution in [2.24, 2.45) is 15.0 Å². The van der Waals surface area contributed by atoms with Gasteiger partial charge in [0.15, 0.2) is 5.71 Å². The summed E-state index contributed by atoms with van der Waals surface area (Å²) in [5.41, 5.74) is 1.08. The molecule has 62 valence electrons. The molecule has 2 aliphatic heterocycles. The maximum Gasteiger partial charge on any atom is 0.294 e. The molecule has 0 amide bonds. The summed E-state index contributed by atoms with van der Waals surface area (Å²) < 4.78 is 2.09. The van der Waals surface area contributed by atoms with Gasteiger partial charge in [-0.3, -0.25) is 0 Å². The molecule has 2 heterocycles. The highest BCUT2D eigenvalue weighted by Gasteiger charge is 2.30. The van der Waals surface area contributed by atoms with Crippen LogP contribution in [0.2, 0.25) is 0 Å². The summed E-state index contributed by atoms with van der Waals surface area (Å²) in [6.45, 7) is 4.24. The highest BCUT2D eigenvalue weighted by atomic mass is 15.2. The quantitative estimate of drug-likeness (QED) is 0.500. The summed E-state index contributed by atoms with van der Waals surface area (Å²) in [7, 11) is 0. The van der Waals surface area contributed by atoms with Gasteiger partial charge in [0.25, 0.3) is 12.5 Å². The van der Waals surface area contributed by atoms with Crippen molar-refractivity contribution in [3.63, 3.8) is 0 Å². The topological polar surface area (TPSA) is 40.1 Å². The van der Waals surface area contributed by atoms with Crippen LogP contribution < -0.4 is 0 Å². The van der Waals surface area contributed by atoms with Crippen LogP contribution in [-0.4, -0.2) is 41.4 Å². The second-order valence-corrected chi connectivity index (χ2v) is 3.11. The van der Waals surface area contributed by atoms with E-state index >= 15 is 0 Å². The monoisotopic (exact) mass is 163 g/mol. The van der Waals surface area contributed by atoms with Gasteiger partial charge < -0.3 is 0 Å². The summed E-state index contributed by atoms with van der Waals surface area (Å²) in [5, 5.41) is 0. The molecule has 0 aromatic heterocycles. The van der Waals surface area contributed by atoms with Gasteiger partial charge in [-0.15, -0.1) is 0 Å². The first-order chi connectivity index (χ1) is 5.79. The van der Waals surface area contributed by atoms with Crippen LogP contribution in [0, 0.1) is 0 Å². The number of hydrogen-bond donors (Lipinski definition) is 0. The Balaban J connectivity index is 2.40. The van der Waals surface area contributed by atoms with Crippen molar-refractivity contribution in [2.75, 3.05) is 0 Å². The van der Waals surface area contributed by atoms with Crippen LogP contribution in [0.25, 0.3) is 0 Å². The summed E-state index contributed by atoms with van der Waals surface area (Å²) in [5.74, 6) is 0. The summed E-state index contributed by atoms with van der Waals surface area (Å²) in [6, 6.07) is 0.425. The van der Waals surface area contributed by atoms with Gasteiger partial charge in [-0.25, -0.2) is 14.6 Å². The van der Waals surface area contributed by atoms with Gasteiger partial charge >= 0.3 is 0 Å². The number of hydrogen-bond acceptors (Lipinski definition) is 3. The number of rotatable bonds is 1. The van der Waals surface area contributed by atoms with Crippen molar-refractivity contribution in [2.45, 2.75) is 26.1 Å². The molecule has 0 aliphatic carbocycles. The number of fused-ring (bicyclic) bond motifs is 1. The molecule has 4 heteroatoms. The Morgan fingerprint density at radius 2 is 2.25 bits per heavy atom. The van der Waals surface area contributed by atoms with Gasteiger partial charge in [0.2, 0.25) is 0 Å². The third-order valence-corrected chi connectivity index (χ3v) is 1.93. The van der Waals surface area contributed by atoms with Gasteiger partial charge in [-0.1, -0.05) is 4.99 Å². The van der Waals surface area contributed by atoms with E-state index in [1.54, 1.807) is 6.34 Å². The Labute approximate surface area is 71.1 Å². The molecule has 0 spiro atoms. The maximum absolute atomic E-state index is 4.24. The molecule has 0 radical (unpaired) electrons. The average Bonchev–Trinajstić information content (AvgIpc) is 2.47. The van der Waals surface area contributed by atoms with Crippen molar-refractivity contribution in [3.8, 4) is 0 Å². The summed E-state index contributed by atoms with van der Waals surface area (Å²) in [6.07, 6.45) is 5.17. The van der Waals surface area contributed by atoms with Gasteiger partial charge in [-0.2, -0.15) is 0 Å². The molecule has 0 saturated carbocycles. The van der Waals surface area contributed by atoms with Crippen molar-refractivity contribution < 1.29 is 4.58 Å².